The normalized spacial score (nSPS) is 24.0. The van der Waals surface area contributed by atoms with E-state index in [2.05, 4.69) is 4.90 Å². The molecule has 0 saturated carbocycles. The highest BCUT2D eigenvalue weighted by Crippen LogP contribution is 2.35. The van der Waals surface area contributed by atoms with Crippen molar-refractivity contribution in [2.45, 2.75) is 38.5 Å². The van der Waals surface area contributed by atoms with Crippen LogP contribution in [0.3, 0.4) is 0 Å². The number of carbonyl (C=O) groups is 1. The van der Waals surface area contributed by atoms with Crippen LogP contribution in [-0.2, 0) is 14.3 Å². The highest BCUT2D eigenvalue weighted by molar-refractivity contribution is 5.74. The van der Waals surface area contributed by atoms with Crippen LogP contribution in [0.2, 0.25) is 0 Å². The number of hydrogen-bond acceptors (Lipinski definition) is 4. The zero-order chi connectivity index (χ0) is 15.1. The maximum atomic E-state index is 11.6. The van der Waals surface area contributed by atoms with Crippen LogP contribution in [0.15, 0.2) is 0 Å². The second-order valence-electron chi connectivity index (χ2n) is 6.51. The Balaban J connectivity index is 1.74. The molecule has 2 aliphatic heterocycles. The zero-order valence-electron chi connectivity index (χ0n) is 13.2. The Hall–Kier alpha value is -0.650. The number of rotatable bonds is 7. The molecule has 0 amide bonds. The van der Waals surface area contributed by atoms with Crippen molar-refractivity contribution in [1.29, 1.82) is 0 Å². The van der Waals surface area contributed by atoms with E-state index in [1.165, 1.54) is 12.8 Å². The lowest BCUT2D eigenvalue weighted by Gasteiger charge is -2.37. The van der Waals surface area contributed by atoms with Gasteiger partial charge in [-0.05, 0) is 64.1 Å². The second kappa shape index (κ2) is 8.11. The summed E-state index contributed by atoms with van der Waals surface area (Å²) in [5.41, 5.74) is -0.550. The number of carboxylic acids is 1. The maximum absolute atomic E-state index is 11.6. The van der Waals surface area contributed by atoms with Crippen molar-refractivity contribution in [2.24, 2.45) is 11.3 Å². The van der Waals surface area contributed by atoms with Crippen LogP contribution in [0.5, 0.6) is 0 Å². The van der Waals surface area contributed by atoms with Crippen molar-refractivity contribution < 1.29 is 19.4 Å². The molecule has 0 bridgehead atoms. The van der Waals surface area contributed by atoms with Gasteiger partial charge in [-0.15, -0.1) is 0 Å². The highest BCUT2D eigenvalue weighted by atomic mass is 16.5. The van der Waals surface area contributed by atoms with E-state index in [0.717, 1.165) is 45.0 Å². The van der Waals surface area contributed by atoms with E-state index in [1.807, 2.05) is 0 Å². The number of nitrogens with zero attached hydrogens (tertiary/aromatic N) is 1. The van der Waals surface area contributed by atoms with Crippen molar-refractivity contribution in [1.82, 2.24) is 4.90 Å². The molecule has 2 rings (SSSR count). The van der Waals surface area contributed by atoms with Crippen molar-refractivity contribution in [3.05, 3.63) is 0 Å². The van der Waals surface area contributed by atoms with Gasteiger partial charge < -0.3 is 19.5 Å². The van der Waals surface area contributed by atoms with E-state index in [4.69, 9.17) is 9.47 Å². The van der Waals surface area contributed by atoms with Crippen LogP contribution in [0.25, 0.3) is 0 Å². The molecular weight excluding hydrogens is 270 g/mol. The first-order chi connectivity index (χ1) is 10.2. The monoisotopic (exact) mass is 299 g/mol. The summed E-state index contributed by atoms with van der Waals surface area (Å²) in [5.74, 6) is 0.137. The predicted octanol–water partition coefficient (Wildman–Crippen LogP) is 2.01. The largest absolute Gasteiger partial charge is 0.481 e. The molecular formula is C16H29NO4. The lowest BCUT2D eigenvalue weighted by atomic mass is 9.77. The van der Waals surface area contributed by atoms with E-state index in [9.17, 15) is 9.90 Å². The molecule has 0 aliphatic carbocycles. The molecule has 5 nitrogen and oxygen atoms in total. The van der Waals surface area contributed by atoms with Crippen molar-refractivity contribution in [2.75, 3.05) is 46.6 Å². The molecule has 0 atom stereocenters. The number of likely N-dealkylation sites (tertiary alicyclic amines) is 1. The van der Waals surface area contributed by atoms with Crippen LogP contribution in [-0.4, -0.2) is 62.5 Å². The summed E-state index contributed by atoms with van der Waals surface area (Å²) < 4.78 is 10.5. The fraction of sp³-hybridized carbons (Fsp3) is 0.938. The molecule has 0 aromatic heterocycles. The lowest BCUT2D eigenvalue weighted by Crippen LogP contribution is -2.42. The summed E-state index contributed by atoms with van der Waals surface area (Å²) in [4.78, 5) is 14.1. The third kappa shape index (κ3) is 4.66. The van der Waals surface area contributed by atoms with Gasteiger partial charge in [-0.1, -0.05) is 0 Å². The van der Waals surface area contributed by atoms with Crippen LogP contribution in [0.4, 0.5) is 0 Å². The molecule has 0 radical (unpaired) electrons. The van der Waals surface area contributed by atoms with Crippen molar-refractivity contribution in [3.8, 4) is 0 Å². The summed E-state index contributed by atoms with van der Waals surface area (Å²) in [7, 11) is 1.76. The summed E-state index contributed by atoms with van der Waals surface area (Å²) >= 11 is 0. The quantitative estimate of drug-likeness (QED) is 0.779. The van der Waals surface area contributed by atoms with Crippen LogP contribution >= 0.6 is 0 Å². The van der Waals surface area contributed by atoms with Gasteiger partial charge in [0.25, 0.3) is 0 Å². The molecule has 0 aromatic carbocycles. The Morgan fingerprint density at radius 1 is 1.33 bits per heavy atom. The molecule has 21 heavy (non-hydrogen) atoms. The molecule has 122 valence electrons. The van der Waals surface area contributed by atoms with E-state index in [0.29, 0.717) is 26.1 Å². The molecule has 5 heteroatoms. The molecule has 2 heterocycles. The Labute approximate surface area is 127 Å². The Bertz CT molecular complexity index is 320. The maximum Gasteiger partial charge on any atom is 0.309 e. The Kier molecular flexibility index (Phi) is 6.45. The molecule has 2 aliphatic rings. The number of carboxylic acid groups (broad SMARTS) is 1. The summed E-state index contributed by atoms with van der Waals surface area (Å²) in [6.45, 7) is 5.13. The predicted molar refractivity (Wildman–Crippen MR) is 80.4 cm³/mol. The second-order valence-corrected chi connectivity index (χ2v) is 6.51. The number of aliphatic carboxylic acids is 1. The first-order valence-electron chi connectivity index (χ1n) is 8.19. The third-order valence-corrected chi connectivity index (χ3v) is 5.25. The molecule has 0 aromatic rings. The van der Waals surface area contributed by atoms with Gasteiger partial charge in [-0.2, -0.15) is 0 Å². The van der Waals surface area contributed by atoms with Crippen molar-refractivity contribution in [3.63, 3.8) is 0 Å². The summed E-state index contributed by atoms with van der Waals surface area (Å²) in [6.07, 6.45) is 5.66. The molecule has 2 saturated heterocycles. The Morgan fingerprint density at radius 3 is 2.57 bits per heavy atom. The fourth-order valence-electron chi connectivity index (χ4n) is 3.49. The minimum atomic E-state index is -0.638. The van der Waals surface area contributed by atoms with E-state index in [1.54, 1.807) is 7.11 Å². The van der Waals surface area contributed by atoms with Crippen molar-refractivity contribution >= 4 is 5.97 Å². The molecule has 1 N–H and O–H groups in total. The number of hydrogen-bond donors (Lipinski definition) is 1. The van der Waals surface area contributed by atoms with Gasteiger partial charge in [0, 0.05) is 26.9 Å². The topological polar surface area (TPSA) is 59.0 Å². The Morgan fingerprint density at radius 2 is 2.00 bits per heavy atom. The summed E-state index contributed by atoms with van der Waals surface area (Å²) in [5, 5.41) is 9.57. The number of methoxy groups -OCH3 is 1. The zero-order valence-corrected chi connectivity index (χ0v) is 13.2. The number of ether oxygens (including phenoxy) is 2. The third-order valence-electron chi connectivity index (χ3n) is 5.25. The molecule has 0 unspecified atom stereocenters. The first-order valence-corrected chi connectivity index (χ1v) is 8.19. The fourth-order valence-corrected chi connectivity index (χ4v) is 3.49. The minimum absolute atomic E-state index is 0.550. The van der Waals surface area contributed by atoms with Gasteiger partial charge >= 0.3 is 5.97 Å². The summed E-state index contributed by atoms with van der Waals surface area (Å²) in [6, 6.07) is 0. The smallest absolute Gasteiger partial charge is 0.309 e. The van der Waals surface area contributed by atoms with Crippen LogP contribution in [0, 0.1) is 11.3 Å². The SMILES string of the molecule is COCCC1CCN(CCC2(C(=O)O)CCOCC2)CC1. The average molecular weight is 299 g/mol. The van der Waals surface area contributed by atoms with Gasteiger partial charge in [0.15, 0.2) is 0 Å². The van der Waals surface area contributed by atoms with E-state index < -0.39 is 11.4 Å². The van der Waals surface area contributed by atoms with Crippen LogP contribution < -0.4 is 0 Å². The van der Waals surface area contributed by atoms with E-state index >= 15 is 0 Å². The number of piperidine rings is 1. The van der Waals surface area contributed by atoms with Gasteiger partial charge in [0.1, 0.15) is 0 Å². The van der Waals surface area contributed by atoms with Gasteiger partial charge in [-0.3, -0.25) is 4.79 Å². The van der Waals surface area contributed by atoms with Crippen LogP contribution in [0.1, 0.15) is 38.5 Å². The molecule has 0 spiro atoms. The highest BCUT2D eigenvalue weighted by Gasteiger charge is 2.40. The van der Waals surface area contributed by atoms with Gasteiger partial charge in [0.05, 0.1) is 5.41 Å². The average Bonchev–Trinajstić information content (AvgIpc) is 2.52. The van der Waals surface area contributed by atoms with Gasteiger partial charge in [0.2, 0.25) is 0 Å². The standard InChI is InChI=1S/C16H29NO4/c1-20-11-4-14-2-8-17(9-3-14)10-5-16(15(18)19)6-12-21-13-7-16/h14H,2-13H2,1H3,(H,18,19). The minimum Gasteiger partial charge on any atom is -0.481 e. The lowest BCUT2D eigenvalue weighted by molar-refractivity contribution is -0.156. The van der Waals surface area contributed by atoms with Gasteiger partial charge in [-0.25, -0.2) is 0 Å². The first kappa shape index (κ1) is 16.7. The molecule has 2 fully saturated rings. The van der Waals surface area contributed by atoms with E-state index in [-0.39, 0.29) is 0 Å².